The van der Waals surface area contributed by atoms with Crippen LogP contribution in [0.5, 0.6) is 0 Å². The SMILES string of the molecule is O=C(NCCN1CCOCC1)c1ccc(Br)o1. The molecule has 94 valence electrons. The van der Waals surface area contributed by atoms with Crippen LogP contribution >= 0.6 is 15.9 Å². The molecule has 17 heavy (non-hydrogen) atoms. The molecule has 0 aliphatic carbocycles. The number of ether oxygens (including phenoxy) is 1. The van der Waals surface area contributed by atoms with E-state index in [1.165, 1.54) is 0 Å². The van der Waals surface area contributed by atoms with Gasteiger partial charge in [-0.15, -0.1) is 0 Å². The Hall–Kier alpha value is -0.850. The summed E-state index contributed by atoms with van der Waals surface area (Å²) in [5.74, 6) is 0.155. The predicted octanol–water partition coefficient (Wildman–Crippen LogP) is 1.10. The molecule has 2 rings (SSSR count). The van der Waals surface area contributed by atoms with Gasteiger partial charge in [-0.05, 0) is 28.1 Å². The molecule has 0 radical (unpaired) electrons. The first-order valence-electron chi connectivity index (χ1n) is 5.59. The van der Waals surface area contributed by atoms with Gasteiger partial charge in [0.1, 0.15) is 0 Å². The fraction of sp³-hybridized carbons (Fsp3) is 0.545. The van der Waals surface area contributed by atoms with Gasteiger partial charge >= 0.3 is 0 Å². The monoisotopic (exact) mass is 302 g/mol. The molecule has 0 saturated carbocycles. The molecule has 6 heteroatoms. The van der Waals surface area contributed by atoms with Crippen LogP contribution in [0.15, 0.2) is 21.2 Å². The second kappa shape index (κ2) is 6.18. The molecule has 1 amide bonds. The summed E-state index contributed by atoms with van der Waals surface area (Å²) in [6, 6.07) is 3.35. The Morgan fingerprint density at radius 3 is 2.82 bits per heavy atom. The number of nitrogens with zero attached hydrogens (tertiary/aromatic N) is 1. The first kappa shape index (κ1) is 12.6. The minimum atomic E-state index is -0.177. The van der Waals surface area contributed by atoms with Gasteiger partial charge in [0.05, 0.1) is 13.2 Å². The molecular formula is C11H15BrN2O3. The maximum absolute atomic E-state index is 11.6. The lowest BCUT2D eigenvalue weighted by Gasteiger charge is -2.26. The number of carbonyl (C=O) groups is 1. The molecular weight excluding hydrogens is 288 g/mol. The number of carbonyl (C=O) groups excluding carboxylic acids is 1. The normalized spacial score (nSPS) is 17.0. The summed E-state index contributed by atoms with van der Waals surface area (Å²) in [7, 11) is 0. The summed E-state index contributed by atoms with van der Waals surface area (Å²) < 4.78 is 11.0. The van der Waals surface area contributed by atoms with Crippen molar-refractivity contribution in [1.82, 2.24) is 10.2 Å². The lowest BCUT2D eigenvalue weighted by Crippen LogP contribution is -2.41. The molecule has 1 saturated heterocycles. The third-order valence-electron chi connectivity index (χ3n) is 2.61. The highest BCUT2D eigenvalue weighted by Crippen LogP contribution is 2.13. The largest absolute Gasteiger partial charge is 0.444 e. The van der Waals surface area contributed by atoms with Crippen LogP contribution in [0.2, 0.25) is 0 Å². The quantitative estimate of drug-likeness (QED) is 0.905. The van der Waals surface area contributed by atoms with Crippen LogP contribution in [0.1, 0.15) is 10.6 Å². The summed E-state index contributed by atoms with van der Waals surface area (Å²) >= 11 is 3.16. The molecule has 0 unspecified atom stereocenters. The van der Waals surface area contributed by atoms with E-state index in [0.29, 0.717) is 17.0 Å². The molecule has 5 nitrogen and oxygen atoms in total. The minimum Gasteiger partial charge on any atom is -0.444 e. The van der Waals surface area contributed by atoms with Gasteiger partial charge in [0, 0.05) is 26.2 Å². The number of amides is 1. The van der Waals surface area contributed by atoms with Crippen LogP contribution in [-0.4, -0.2) is 50.2 Å². The van der Waals surface area contributed by atoms with Gasteiger partial charge in [0.15, 0.2) is 10.4 Å². The van der Waals surface area contributed by atoms with Crippen LogP contribution in [0.4, 0.5) is 0 Å². The van der Waals surface area contributed by atoms with Crippen molar-refractivity contribution in [1.29, 1.82) is 0 Å². The van der Waals surface area contributed by atoms with E-state index >= 15 is 0 Å². The van der Waals surface area contributed by atoms with Crippen molar-refractivity contribution in [3.8, 4) is 0 Å². The van der Waals surface area contributed by atoms with E-state index in [-0.39, 0.29) is 5.91 Å². The molecule has 1 fully saturated rings. The summed E-state index contributed by atoms with van der Waals surface area (Å²) in [6.07, 6.45) is 0. The number of rotatable bonds is 4. The Morgan fingerprint density at radius 1 is 1.41 bits per heavy atom. The topological polar surface area (TPSA) is 54.7 Å². The highest BCUT2D eigenvalue weighted by atomic mass is 79.9. The summed E-state index contributed by atoms with van der Waals surface area (Å²) in [6.45, 7) is 4.89. The van der Waals surface area contributed by atoms with Gasteiger partial charge in [-0.1, -0.05) is 0 Å². The van der Waals surface area contributed by atoms with Gasteiger partial charge < -0.3 is 14.5 Å². The van der Waals surface area contributed by atoms with E-state index in [4.69, 9.17) is 9.15 Å². The highest BCUT2D eigenvalue weighted by molar-refractivity contribution is 9.10. The zero-order valence-electron chi connectivity index (χ0n) is 9.45. The second-order valence-electron chi connectivity index (χ2n) is 3.81. The second-order valence-corrected chi connectivity index (χ2v) is 4.60. The first-order chi connectivity index (χ1) is 8.25. The molecule has 0 spiro atoms. The standard InChI is InChI=1S/C11H15BrN2O3/c12-10-2-1-9(17-10)11(15)13-3-4-14-5-7-16-8-6-14/h1-2H,3-8H2,(H,13,15). The number of morpholine rings is 1. The third kappa shape index (κ3) is 3.83. The molecule has 0 aromatic carbocycles. The van der Waals surface area contributed by atoms with E-state index in [0.717, 1.165) is 32.8 Å². The van der Waals surface area contributed by atoms with Crippen LogP contribution in [-0.2, 0) is 4.74 Å². The van der Waals surface area contributed by atoms with Crippen LogP contribution in [0, 0.1) is 0 Å². The fourth-order valence-corrected chi connectivity index (χ4v) is 1.98. The van der Waals surface area contributed by atoms with E-state index < -0.39 is 0 Å². The summed E-state index contributed by atoms with van der Waals surface area (Å²) in [5.41, 5.74) is 0. The van der Waals surface area contributed by atoms with Crippen LogP contribution < -0.4 is 5.32 Å². The lowest BCUT2D eigenvalue weighted by atomic mass is 10.4. The average molecular weight is 303 g/mol. The zero-order valence-corrected chi connectivity index (χ0v) is 11.0. The molecule has 1 aromatic rings. The van der Waals surface area contributed by atoms with Crippen molar-refractivity contribution >= 4 is 21.8 Å². The molecule has 1 aliphatic heterocycles. The van der Waals surface area contributed by atoms with Crippen molar-refractivity contribution in [2.75, 3.05) is 39.4 Å². The van der Waals surface area contributed by atoms with Crippen molar-refractivity contribution in [3.05, 3.63) is 22.6 Å². The number of hydrogen-bond acceptors (Lipinski definition) is 4. The first-order valence-corrected chi connectivity index (χ1v) is 6.38. The van der Waals surface area contributed by atoms with Gasteiger partial charge in [0.25, 0.3) is 5.91 Å². The molecule has 0 bridgehead atoms. The lowest BCUT2D eigenvalue weighted by molar-refractivity contribution is 0.0382. The van der Waals surface area contributed by atoms with Crippen molar-refractivity contribution in [2.45, 2.75) is 0 Å². The number of hydrogen-bond donors (Lipinski definition) is 1. The summed E-state index contributed by atoms with van der Waals surface area (Å²) in [5, 5.41) is 2.82. The molecule has 1 aromatic heterocycles. The Bertz CT molecular complexity index is 375. The molecule has 1 N–H and O–H groups in total. The van der Waals surface area contributed by atoms with Gasteiger partial charge in [-0.25, -0.2) is 0 Å². The Kier molecular flexibility index (Phi) is 4.58. The zero-order chi connectivity index (χ0) is 12.1. The smallest absolute Gasteiger partial charge is 0.287 e. The van der Waals surface area contributed by atoms with E-state index in [9.17, 15) is 4.79 Å². The Balaban J connectivity index is 1.69. The van der Waals surface area contributed by atoms with Crippen LogP contribution in [0.3, 0.4) is 0 Å². The molecule has 1 aliphatic rings. The molecule has 2 heterocycles. The minimum absolute atomic E-state index is 0.177. The summed E-state index contributed by atoms with van der Waals surface area (Å²) in [4.78, 5) is 13.9. The van der Waals surface area contributed by atoms with Gasteiger partial charge in [-0.2, -0.15) is 0 Å². The third-order valence-corrected chi connectivity index (χ3v) is 3.04. The van der Waals surface area contributed by atoms with Gasteiger partial charge in [-0.3, -0.25) is 9.69 Å². The van der Waals surface area contributed by atoms with E-state index in [1.54, 1.807) is 12.1 Å². The maximum Gasteiger partial charge on any atom is 0.287 e. The van der Waals surface area contributed by atoms with Crippen molar-refractivity contribution in [3.63, 3.8) is 0 Å². The maximum atomic E-state index is 11.6. The number of halogens is 1. The van der Waals surface area contributed by atoms with Crippen molar-refractivity contribution < 1.29 is 13.9 Å². The Labute approximate surface area is 108 Å². The van der Waals surface area contributed by atoms with E-state index in [1.807, 2.05) is 0 Å². The van der Waals surface area contributed by atoms with Crippen LogP contribution in [0.25, 0.3) is 0 Å². The fourth-order valence-electron chi connectivity index (χ4n) is 1.68. The van der Waals surface area contributed by atoms with Gasteiger partial charge in [0.2, 0.25) is 0 Å². The van der Waals surface area contributed by atoms with E-state index in [2.05, 4.69) is 26.1 Å². The number of nitrogens with one attached hydrogen (secondary N) is 1. The molecule has 0 atom stereocenters. The Morgan fingerprint density at radius 2 is 2.18 bits per heavy atom. The average Bonchev–Trinajstić information content (AvgIpc) is 2.77. The van der Waals surface area contributed by atoms with Crippen molar-refractivity contribution in [2.24, 2.45) is 0 Å². The predicted molar refractivity (Wildman–Crippen MR) is 66.0 cm³/mol. The number of furan rings is 1. The highest BCUT2D eigenvalue weighted by Gasteiger charge is 2.12.